The van der Waals surface area contributed by atoms with Gasteiger partial charge in [0.2, 0.25) is 0 Å². The number of rotatable bonds is 5. The molecule has 0 spiro atoms. The molecule has 0 fully saturated rings. The third kappa shape index (κ3) is 4.09. The van der Waals surface area contributed by atoms with Crippen molar-refractivity contribution in [2.24, 2.45) is 0 Å². The molecule has 0 aliphatic rings. The zero-order valence-electron chi connectivity index (χ0n) is 9.67. The molecule has 0 bridgehead atoms. The number of nitrogens with zero attached hydrogens (tertiary/aromatic N) is 3. The van der Waals surface area contributed by atoms with E-state index in [0.717, 1.165) is 0 Å². The lowest BCUT2D eigenvalue weighted by Crippen LogP contribution is -2.46. The van der Waals surface area contributed by atoms with Crippen molar-refractivity contribution in [3.63, 3.8) is 0 Å². The molecule has 0 saturated carbocycles. The van der Waals surface area contributed by atoms with Gasteiger partial charge in [0.15, 0.2) is 0 Å². The minimum atomic E-state index is -1.05. The van der Waals surface area contributed by atoms with Gasteiger partial charge in [-0.05, 0) is 13.8 Å². The zero-order valence-corrected chi connectivity index (χ0v) is 9.67. The highest BCUT2D eigenvalue weighted by Crippen LogP contribution is 1.99. The van der Waals surface area contributed by atoms with E-state index in [2.05, 4.69) is 20.5 Å². The Morgan fingerprint density at radius 1 is 1.59 bits per heavy atom. The molecule has 2 amide bonds. The maximum atomic E-state index is 11.7. The summed E-state index contributed by atoms with van der Waals surface area (Å²) in [5, 5.41) is 17.5. The molecule has 1 rings (SSSR count). The molecule has 0 atom stereocenters. The number of hydrogen-bond donors (Lipinski definition) is 3. The normalized spacial score (nSPS) is 10.3. The third-order valence-corrected chi connectivity index (χ3v) is 2.06. The molecule has 8 nitrogen and oxygen atoms in total. The Hall–Kier alpha value is -2.12. The number of carbonyl (C=O) groups is 2. The summed E-state index contributed by atoms with van der Waals surface area (Å²) in [7, 11) is 0. The van der Waals surface area contributed by atoms with Gasteiger partial charge >= 0.3 is 12.0 Å². The number of hydrogen-bond acceptors (Lipinski definition) is 4. The van der Waals surface area contributed by atoms with Crippen LogP contribution in [0.25, 0.3) is 0 Å². The van der Waals surface area contributed by atoms with Crippen molar-refractivity contribution in [3.05, 3.63) is 12.2 Å². The minimum absolute atomic E-state index is 0.182. The van der Waals surface area contributed by atoms with Crippen LogP contribution in [0.4, 0.5) is 4.79 Å². The fourth-order valence-electron chi connectivity index (χ4n) is 1.21. The Kier molecular flexibility index (Phi) is 4.44. The van der Waals surface area contributed by atoms with Crippen LogP contribution in [0.3, 0.4) is 0 Å². The van der Waals surface area contributed by atoms with Gasteiger partial charge in [0.25, 0.3) is 0 Å². The first-order valence-electron chi connectivity index (χ1n) is 5.11. The van der Waals surface area contributed by atoms with Crippen LogP contribution < -0.4 is 5.32 Å². The lowest BCUT2D eigenvalue weighted by molar-refractivity contribution is -0.138. The fraction of sp³-hybridized carbons (Fsp3) is 0.556. The first-order valence-corrected chi connectivity index (χ1v) is 5.11. The van der Waals surface area contributed by atoms with E-state index >= 15 is 0 Å². The zero-order chi connectivity index (χ0) is 12.8. The summed E-state index contributed by atoms with van der Waals surface area (Å²) < 4.78 is 0. The SMILES string of the molecule is CC(C)N(CC(=O)O)C(=O)NCc1ncn[nH]1. The smallest absolute Gasteiger partial charge is 0.323 e. The second-order valence-corrected chi connectivity index (χ2v) is 3.71. The topological polar surface area (TPSA) is 111 Å². The van der Waals surface area contributed by atoms with Gasteiger partial charge in [0.1, 0.15) is 18.7 Å². The van der Waals surface area contributed by atoms with Crippen molar-refractivity contribution in [1.82, 2.24) is 25.4 Å². The molecule has 1 heterocycles. The van der Waals surface area contributed by atoms with Crippen LogP contribution >= 0.6 is 0 Å². The van der Waals surface area contributed by atoms with Crippen molar-refractivity contribution < 1.29 is 14.7 Å². The molecule has 1 aromatic rings. The molecule has 0 saturated heterocycles. The number of aliphatic carboxylic acids is 1. The Labute approximate surface area is 98.0 Å². The number of carbonyl (C=O) groups excluding carboxylic acids is 1. The number of urea groups is 1. The Morgan fingerprint density at radius 2 is 2.29 bits per heavy atom. The van der Waals surface area contributed by atoms with Gasteiger partial charge < -0.3 is 15.3 Å². The molecular formula is C9H15N5O3. The molecule has 0 aliphatic carbocycles. The quantitative estimate of drug-likeness (QED) is 0.661. The summed E-state index contributed by atoms with van der Waals surface area (Å²) in [6.45, 7) is 3.34. The predicted molar refractivity (Wildman–Crippen MR) is 58.1 cm³/mol. The lowest BCUT2D eigenvalue weighted by atomic mass is 10.3. The summed E-state index contributed by atoms with van der Waals surface area (Å²) in [5.74, 6) is -0.536. The van der Waals surface area contributed by atoms with Gasteiger partial charge in [-0.25, -0.2) is 9.78 Å². The molecule has 0 radical (unpaired) electrons. The average Bonchev–Trinajstić information content (AvgIpc) is 2.74. The Balaban J connectivity index is 2.50. The maximum Gasteiger partial charge on any atom is 0.323 e. The number of carboxylic acids is 1. The third-order valence-electron chi connectivity index (χ3n) is 2.06. The van der Waals surface area contributed by atoms with E-state index in [1.165, 1.54) is 11.2 Å². The number of amides is 2. The van der Waals surface area contributed by atoms with E-state index in [1.54, 1.807) is 13.8 Å². The summed E-state index contributed by atoms with van der Waals surface area (Å²) in [4.78, 5) is 27.4. The molecule has 17 heavy (non-hydrogen) atoms. The highest BCUT2D eigenvalue weighted by Gasteiger charge is 2.19. The van der Waals surface area contributed by atoms with Gasteiger partial charge in [-0.3, -0.25) is 9.89 Å². The maximum absolute atomic E-state index is 11.7. The number of aromatic nitrogens is 3. The molecule has 8 heteroatoms. The van der Waals surface area contributed by atoms with Crippen molar-refractivity contribution >= 4 is 12.0 Å². The van der Waals surface area contributed by atoms with Crippen LogP contribution in [0.15, 0.2) is 6.33 Å². The molecule has 0 aliphatic heterocycles. The van der Waals surface area contributed by atoms with E-state index in [-0.39, 0.29) is 19.1 Å². The van der Waals surface area contributed by atoms with Crippen molar-refractivity contribution in [2.45, 2.75) is 26.4 Å². The largest absolute Gasteiger partial charge is 0.480 e. The van der Waals surface area contributed by atoms with Gasteiger partial charge in [0, 0.05) is 6.04 Å². The van der Waals surface area contributed by atoms with Crippen LogP contribution in [0.5, 0.6) is 0 Å². The van der Waals surface area contributed by atoms with Crippen molar-refractivity contribution in [2.75, 3.05) is 6.54 Å². The van der Waals surface area contributed by atoms with Gasteiger partial charge in [-0.15, -0.1) is 0 Å². The number of carboxylic acid groups (broad SMARTS) is 1. The fourth-order valence-corrected chi connectivity index (χ4v) is 1.21. The van der Waals surface area contributed by atoms with E-state index in [1.807, 2.05) is 0 Å². The number of H-pyrrole nitrogens is 1. The van der Waals surface area contributed by atoms with Crippen molar-refractivity contribution in [3.8, 4) is 0 Å². The van der Waals surface area contributed by atoms with Crippen LogP contribution in [0.2, 0.25) is 0 Å². The molecular weight excluding hydrogens is 226 g/mol. The standard InChI is InChI=1S/C9H15N5O3/c1-6(2)14(4-8(15)16)9(17)10-3-7-11-5-12-13-7/h5-6H,3-4H2,1-2H3,(H,10,17)(H,15,16)(H,11,12,13). The monoisotopic (exact) mass is 241 g/mol. The van der Waals surface area contributed by atoms with Gasteiger partial charge in [-0.1, -0.05) is 0 Å². The summed E-state index contributed by atoms with van der Waals surface area (Å²) in [6.07, 6.45) is 1.33. The van der Waals surface area contributed by atoms with E-state index in [0.29, 0.717) is 5.82 Å². The number of aromatic amines is 1. The van der Waals surface area contributed by atoms with Crippen LogP contribution in [-0.4, -0.2) is 49.8 Å². The minimum Gasteiger partial charge on any atom is -0.480 e. The van der Waals surface area contributed by atoms with Crippen LogP contribution in [0, 0.1) is 0 Å². The van der Waals surface area contributed by atoms with Crippen LogP contribution in [0.1, 0.15) is 19.7 Å². The Bertz CT molecular complexity index is 376. The highest BCUT2D eigenvalue weighted by atomic mass is 16.4. The van der Waals surface area contributed by atoms with E-state index < -0.39 is 12.0 Å². The molecule has 3 N–H and O–H groups in total. The summed E-state index contributed by atoms with van der Waals surface area (Å²) >= 11 is 0. The average molecular weight is 241 g/mol. The van der Waals surface area contributed by atoms with Crippen LogP contribution in [-0.2, 0) is 11.3 Å². The Morgan fingerprint density at radius 3 is 2.76 bits per heavy atom. The summed E-state index contributed by atoms with van der Waals surface area (Å²) in [6, 6.07) is -0.639. The first-order chi connectivity index (χ1) is 8.00. The molecule has 1 aromatic heterocycles. The summed E-state index contributed by atoms with van der Waals surface area (Å²) in [5.41, 5.74) is 0. The lowest BCUT2D eigenvalue weighted by Gasteiger charge is -2.24. The first kappa shape index (κ1) is 12.9. The molecule has 94 valence electrons. The van der Waals surface area contributed by atoms with E-state index in [4.69, 9.17) is 5.11 Å². The van der Waals surface area contributed by atoms with Gasteiger partial charge in [-0.2, -0.15) is 5.10 Å². The predicted octanol–water partition coefficient (Wildman–Crippen LogP) is -0.191. The van der Waals surface area contributed by atoms with Gasteiger partial charge in [0.05, 0.1) is 6.54 Å². The molecule has 0 unspecified atom stereocenters. The van der Waals surface area contributed by atoms with E-state index in [9.17, 15) is 9.59 Å². The second-order valence-electron chi connectivity index (χ2n) is 3.71. The van der Waals surface area contributed by atoms with Crippen molar-refractivity contribution in [1.29, 1.82) is 0 Å². The molecule has 0 aromatic carbocycles. The number of nitrogens with one attached hydrogen (secondary N) is 2. The second kappa shape index (κ2) is 5.83. The highest BCUT2D eigenvalue weighted by molar-refractivity contribution is 5.80.